The van der Waals surface area contributed by atoms with E-state index in [4.69, 9.17) is 9.47 Å². The monoisotopic (exact) mass is 283 g/mol. The summed E-state index contributed by atoms with van der Waals surface area (Å²) in [4.78, 5) is 14.1. The summed E-state index contributed by atoms with van der Waals surface area (Å²) in [6.07, 6.45) is 0.216. The van der Waals surface area contributed by atoms with Crippen molar-refractivity contribution in [3.63, 3.8) is 0 Å². The number of carbonyl (C=O) groups excluding carboxylic acids is 1. The molecule has 0 saturated carbocycles. The topological polar surface area (TPSA) is 38.8 Å². The molecule has 1 aliphatic rings. The van der Waals surface area contributed by atoms with Gasteiger partial charge in [0.05, 0.1) is 12.1 Å². The second kappa shape index (κ2) is 6.35. The fourth-order valence-electron chi connectivity index (χ4n) is 2.59. The molecule has 1 amide bonds. The average Bonchev–Trinajstić information content (AvgIpc) is 2.59. The van der Waals surface area contributed by atoms with Crippen LogP contribution < -0.4 is 18.9 Å². The summed E-state index contributed by atoms with van der Waals surface area (Å²) in [5.41, 5.74) is -0.133. The first-order chi connectivity index (χ1) is 9.24. The van der Waals surface area contributed by atoms with Crippen LogP contribution >= 0.6 is 0 Å². The zero-order valence-corrected chi connectivity index (χ0v) is 13.8. The maximum absolute atomic E-state index is 12.5. The summed E-state index contributed by atoms with van der Waals surface area (Å²) in [5.74, 6) is 0. The molecule has 0 unspecified atom stereocenters. The Morgan fingerprint density at radius 3 is 2.29 bits per heavy atom. The normalized spacial score (nSPS) is 18.8. The molecule has 0 radical (unpaired) electrons. The minimum atomic E-state index is -0.655. The molecule has 5 heteroatoms. The molecule has 4 nitrogen and oxygen atoms in total. The number of carbonyl (C=O) groups is 1. The number of hydrogen-bond acceptors (Lipinski definition) is 3. The minimum Gasteiger partial charge on any atom is -0.478 e. The second-order valence-electron chi connectivity index (χ2n) is 6.17. The van der Waals surface area contributed by atoms with E-state index < -0.39 is 5.72 Å². The van der Waals surface area contributed by atoms with Crippen LogP contribution in [0.25, 0.3) is 0 Å². The zero-order chi connectivity index (χ0) is 15.0. The molecule has 1 aliphatic heterocycles. The van der Waals surface area contributed by atoms with Crippen molar-refractivity contribution in [3.05, 3.63) is 42.0 Å². The van der Waals surface area contributed by atoms with Gasteiger partial charge in [0, 0.05) is 6.10 Å². The molecule has 0 N–H and O–H groups in total. The third kappa shape index (κ3) is 3.77. The SMILES string of the molecule is C[C-](OC(=O)N1C(C)(C)COC1(C)C)c1ccccc1.[Li+]. The van der Waals surface area contributed by atoms with Crippen LogP contribution in [-0.4, -0.2) is 28.9 Å². The summed E-state index contributed by atoms with van der Waals surface area (Å²) < 4.78 is 11.2. The number of benzene rings is 1. The van der Waals surface area contributed by atoms with Crippen molar-refractivity contribution < 1.29 is 33.1 Å². The van der Waals surface area contributed by atoms with Crippen LogP contribution in [0.1, 0.15) is 40.2 Å². The smallest absolute Gasteiger partial charge is 0.478 e. The van der Waals surface area contributed by atoms with E-state index in [2.05, 4.69) is 0 Å². The van der Waals surface area contributed by atoms with Gasteiger partial charge in [-0.3, -0.25) is 4.90 Å². The molecule has 1 heterocycles. The number of ether oxygens (including phenoxy) is 2. The third-order valence-corrected chi connectivity index (χ3v) is 3.53. The summed E-state index contributed by atoms with van der Waals surface area (Å²) >= 11 is 0. The first-order valence-corrected chi connectivity index (χ1v) is 6.79. The Morgan fingerprint density at radius 1 is 1.24 bits per heavy atom. The zero-order valence-electron chi connectivity index (χ0n) is 13.8. The van der Waals surface area contributed by atoms with Gasteiger partial charge in [0.2, 0.25) is 0 Å². The largest absolute Gasteiger partial charge is 1.00 e. The van der Waals surface area contributed by atoms with Crippen molar-refractivity contribution in [2.45, 2.75) is 45.9 Å². The van der Waals surface area contributed by atoms with E-state index in [1.807, 2.05) is 58.0 Å². The van der Waals surface area contributed by atoms with Crippen LogP contribution in [0.15, 0.2) is 30.3 Å². The summed E-state index contributed by atoms with van der Waals surface area (Å²) in [5, 5.41) is 0. The Labute approximate surface area is 139 Å². The Kier molecular flexibility index (Phi) is 5.44. The van der Waals surface area contributed by atoms with Crippen LogP contribution in [0.4, 0.5) is 4.79 Å². The van der Waals surface area contributed by atoms with Crippen LogP contribution in [0.5, 0.6) is 0 Å². The first-order valence-electron chi connectivity index (χ1n) is 6.79. The minimum absolute atomic E-state index is 0. The Balaban J connectivity index is 0.00000220. The van der Waals surface area contributed by atoms with E-state index in [0.29, 0.717) is 12.7 Å². The maximum atomic E-state index is 12.5. The quantitative estimate of drug-likeness (QED) is 0.588. The number of rotatable bonds is 2. The van der Waals surface area contributed by atoms with Gasteiger partial charge in [-0.1, -0.05) is 13.0 Å². The van der Waals surface area contributed by atoms with Crippen LogP contribution in [0, 0.1) is 6.10 Å². The molecule has 0 spiro atoms. The van der Waals surface area contributed by atoms with Crippen LogP contribution in [0.3, 0.4) is 0 Å². The first kappa shape index (κ1) is 18.0. The predicted molar refractivity (Wildman–Crippen MR) is 76.9 cm³/mol. The molecule has 1 fully saturated rings. The van der Waals surface area contributed by atoms with E-state index in [9.17, 15) is 4.79 Å². The van der Waals surface area contributed by atoms with Gasteiger partial charge in [-0.05, 0) is 27.7 Å². The number of amides is 1. The van der Waals surface area contributed by atoms with E-state index >= 15 is 0 Å². The number of hydrogen-bond donors (Lipinski definition) is 0. The molecule has 1 saturated heterocycles. The van der Waals surface area contributed by atoms with E-state index in [0.717, 1.165) is 5.56 Å². The summed E-state index contributed by atoms with van der Waals surface area (Å²) in [7, 11) is 0. The van der Waals surface area contributed by atoms with E-state index in [1.54, 1.807) is 11.8 Å². The fraction of sp³-hybridized carbons (Fsp3) is 0.500. The predicted octanol–water partition coefficient (Wildman–Crippen LogP) is 0.574. The van der Waals surface area contributed by atoms with Crippen molar-refractivity contribution in [1.82, 2.24) is 4.90 Å². The molecule has 0 atom stereocenters. The van der Waals surface area contributed by atoms with Gasteiger partial charge in [0.1, 0.15) is 5.72 Å². The molecule has 2 rings (SSSR count). The molecule has 110 valence electrons. The number of nitrogens with zero attached hydrogens (tertiary/aromatic N) is 1. The molecule has 21 heavy (non-hydrogen) atoms. The molecule has 1 aromatic carbocycles. The van der Waals surface area contributed by atoms with Gasteiger partial charge < -0.3 is 9.47 Å². The molecule has 0 aliphatic carbocycles. The fourth-order valence-corrected chi connectivity index (χ4v) is 2.59. The molecular formula is C16H22LiNO3. The van der Waals surface area contributed by atoms with Crippen molar-refractivity contribution in [2.75, 3.05) is 6.61 Å². The van der Waals surface area contributed by atoms with Gasteiger partial charge in [0.25, 0.3) is 0 Å². The van der Waals surface area contributed by atoms with Crippen molar-refractivity contribution in [3.8, 4) is 0 Å². The summed E-state index contributed by atoms with van der Waals surface area (Å²) in [6, 6.07) is 9.59. The van der Waals surface area contributed by atoms with Gasteiger partial charge >= 0.3 is 25.0 Å². The van der Waals surface area contributed by atoms with Crippen molar-refractivity contribution in [1.29, 1.82) is 0 Å². The average molecular weight is 283 g/mol. The molecule has 1 aromatic rings. The van der Waals surface area contributed by atoms with Crippen LogP contribution in [-0.2, 0) is 9.47 Å². The Bertz CT molecular complexity index is 472. The molecule has 0 bridgehead atoms. The van der Waals surface area contributed by atoms with Gasteiger partial charge in [-0.25, -0.2) is 4.79 Å². The molecular weight excluding hydrogens is 261 g/mol. The van der Waals surface area contributed by atoms with Crippen LogP contribution in [0.2, 0.25) is 0 Å². The summed E-state index contributed by atoms with van der Waals surface area (Å²) in [6.45, 7) is 9.99. The maximum Gasteiger partial charge on any atom is 1.00 e. The van der Waals surface area contributed by atoms with Crippen molar-refractivity contribution in [2.24, 2.45) is 0 Å². The molecule has 0 aromatic heterocycles. The van der Waals surface area contributed by atoms with E-state index in [1.165, 1.54) is 0 Å². The van der Waals surface area contributed by atoms with Gasteiger partial charge in [-0.15, -0.1) is 12.1 Å². The van der Waals surface area contributed by atoms with E-state index in [-0.39, 0.29) is 30.5 Å². The third-order valence-electron chi connectivity index (χ3n) is 3.53. The van der Waals surface area contributed by atoms with Crippen molar-refractivity contribution >= 4 is 6.09 Å². The Hall–Kier alpha value is -1.08. The second-order valence-corrected chi connectivity index (χ2v) is 6.17. The standard InChI is InChI=1S/C16H22NO3.Li/c1-12(13-9-7-6-8-10-13)20-14(18)17-15(2,3)11-19-16(17,4)5;/h6-10H,11H2,1-5H3;/q-1;+1. The van der Waals surface area contributed by atoms with Gasteiger partial charge in [-0.2, -0.15) is 17.7 Å². The Morgan fingerprint density at radius 2 is 1.81 bits per heavy atom. The van der Waals surface area contributed by atoms with Gasteiger partial charge in [0.15, 0.2) is 0 Å².